The van der Waals surface area contributed by atoms with Crippen molar-refractivity contribution in [3.63, 3.8) is 0 Å². The van der Waals surface area contributed by atoms with E-state index in [1.807, 2.05) is 22.6 Å². The fraction of sp³-hybridized carbons (Fsp3) is 0.421. The molecule has 0 aliphatic carbocycles. The lowest BCUT2D eigenvalue weighted by atomic mass is 10.1. The van der Waals surface area contributed by atoms with E-state index in [-0.39, 0.29) is 6.04 Å². The molecule has 0 aromatic carbocycles. The first-order chi connectivity index (χ1) is 12.9. The molecule has 2 unspecified atom stereocenters. The van der Waals surface area contributed by atoms with Gasteiger partial charge in [0, 0.05) is 12.7 Å². The van der Waals surface area contributed by atoms with Gasteiger partial charge in [0.2, 0.25) is 0 Å². The molecule has 4 rings (SSSR count). The highest BCUT2D eigenvalue weighted by molar-refractivity contribution is 5.61. The number of aromatic nitrogens is 4. The van der Waals surface area contributed by atoms with Crippen molar-refractivity contribution in [2.24, 2.45) is 0 Å². The highest BCUT2D eigenvalue weighted by Gasteiger charge is 2.25. The third-order valence-corrected chi connectivity index (χ3v) is 4.77. The van der Waals surface area contributed by atoms with E-state index in [2.05, 4.69) is 25.6 Å². The Morgan fingerprint density at radius 3 is 2.93 bits per heavy atom. The molecule has 3 aromatic rings. The van der Waals surface area contributed by atoms with E-state index in [1.54, 1.807) is 32.4 Å². The van der Waals surface area contributed by atoms with E-state index in [9.17, 15) is 9.50 Å². The van der Waals surface area contributed by atoms with Crippen molar-refractivity contribution in [1.29, 1.82) is 0 Å². The molecule has 142 valence electrons. The van der Waals surface area contributed by atoms with E-state index >= 15 is 0 Å². The molecule has 1 saturated heterocycles. The Balaban J connectivity index is 1.67. The van der Waals surface area contributed by atoms with Gasteiger partial charge in [0.25, 0.3) is 0 Å². The number of alkyl halides is 1. The van der Waals surface area contributed by atoms with Crippen molar-refractivity contribution in [3.8, 4) is 11.4 Å². The molecule has 27 heavy (non-hydrogen) atoms. The van der Waals surface area contributed by atoms with E-state index in [0.29, 0.717) is 42.4 Å². The first-order valence-corrected chi connectivity index (χ1v) is 9.06. The number of piperidine rings is 1. The average Bonchev–Trinajstić information content (AvgIpc) is 3.06. The van der Waals surface area contributed by atoms with Gasteiger partial charge < -0.3 is 15.7 Å². The van der Waals surface area contributed by atoms with Gasteiger partial charge in [-0.2, -0.15) is 0 Å². The maximum absolute atomic E-state index is 14.1. The average molecular weight is 370 g/mol. The third kappa shape index (κ3) is 3.63. The predicted molar refractivity (Wildman–Crippen MR) is 101 cm³/mol. The number of rotatable bonds is 4. The predicted octanol–water partition coefficient (Wildman–Crippen LogP) is 2.13. The van der Waals surface area contributed by atoms with Gasteiger partial charge >= 0.3 is 0 Å². The number of nitrogens with one attached hydrogen (secondary N) is 2. The number of hydrogen-bond acceptors (Lipinski definition) is 6. The molecule has 0 spiro atoms. The van der Waals surface area contributed by atoms with E-state index in [1.165, 1.54) is 0 Å². The van der Waals surface area contributed by atoms with Crippen LogP contribution in [0.5, 0.6) is 0 Å². The Kier molecular flexibility index (Phi) is 4.53. The van der Waals surface area contributed by atoms with Gasteiger partial charge in [0.15, 0.2) is 5.65 Å². The van der Waals surface area contributed by atoms with Crippen LogP contribution in [0.2, 0.25) is 0 Å². The van der Waals surface area contributed by atoms with Gasteiger partial charge in [-0.15, -0.1) is 0 Å². The summed E-state index contributed by atoms with van der Waals surface area (Å²) in [6.07, 6.45) is 4.71. The fourth-order valence-electron chi connectivity index (χ4n) is 3.21. The number of nitrogens with zero attached hydrogens (tertiary/aromatic N) is 4. The molecule has 0 amide bonds. The van der Waals surface area contributed by atoms with Crippen LogP contribution in [0.1, 0.15) is 26.0 Å². The van der Waals surface area contributed by atoms with Crippen molar-refractivity contribution in [2.75, 3.05) is 18.4 Å². The summed E-state index contributed by atoms with van der Waals surface area (Å²) >= 11 is 0. The quantitative estimate of drug-likeness (QED) is 0.652. The molecule has 8 heteroatoms. The molecule has 1 fully saturated rings. The molecule has 7 nitrogen and oxygen atoms in total. The standard InChI is InChI=1S/C19H23FN6O/c1-19(2,27)16-11-26-15(9-23-18(26)10-22-16)13-4-3-5-17(24-13)25-14-8-21-7-6-12(14)20/h3-5,9-12,14,21,27H,6-8H2,1-2H3,(H,24,25). The zero-order valence-corrected chi connectivity index (χ0v) is 15.4. The number of aliphatic hydroxyl groups is 1. The van der Waals surface area contributed by atoms with Crippen LogP contribution in [0.25, 0.3) is 17.0 Å². The van der Waals surface area contributed by atoms with E-state index < -0.39 is 11.8 Å². The summed E-state index contributed by atoms with van der Waals surface area (Å²) in [5.74, 6) is 0.621. The number of hydrogen-bond donors (Lipinski definition) is 3. The minimum absolute atomic E-state index is 0.297. The normalized spacial score (nSPS) is 20.7. The largest absolute Gasteiger partial charge is 0.384 e. The second kappa shape index (κ2) is 6.86. The lowest BCUT2D eigenvalue weighted by Gasteiger charge is -2.28. The molecule has 2 atom stereocenters. The summed E-state index contributed by atoms with van der Waals surface area (Å²) < 4.78 is 16.0. The Morgan fingerprint density at radius 1 is 1.30 bits per heavy atom. The van der Waals surface area contributed by atoms with Crippen molar-refractivity contribution in [3.05, 3.63) is 42.5 Å². The second-order valence-electron chi connectivity index (χ2n) is 7.37. The van der Waals surface area contributed by atoms with Crippen molar-refractivity contribution in [1.82, 2.24) is 24.7 Å². The van der Waals surface area contributed by atoms with E-state index in [4.69, 9.17) is 0 Å². The minimum atomic E-state index is -1.06. The molecule has 0 radical (unpaired) electrons. The topological polar surface area (TPSA) is 87.4 Å². The SMILES string of the molecule is CC(C)(O)c1cn2c(-c3cccc(NC4CNCCC4F)n3)cnc2cn1. The maximum atomic E-state index is 14.1. The molecule has 1 aliphatic heterocycles. The summed E-state index contributed by atoms with van der Waals surface area (Å²) in [7, 11) is 0. The summed E-state index contributed by atoms with van der Waals surface area (Å²) in [4.78, 5) is 13.3. The summed E-state index contributed by atoms with van der Waals surface area (Å²) in [5.41, 5.74) is 1.63. The third-order valence-electron chi connectivity index (χ3n) is 4.77. The van der Waals surface area contributed by atoms with Crippen molar-refractivity contribution in [2.45, 2.75) is 38.1 Å². The molecule has 1 aliphatic rings. The molecule has 3 aromatic heterocycles. The monoisotopic (exact) mass is 370 g/mol. The van der Waals surface area contributed by atoms with Gasteiger partial charge in [-0.25, -0.2) is 14.4 Å². The van der Waals surface area contributed by atoms with Crippen LogP contribution in [-0.4, -0.2) is 49.8 Å². The van der Waals surface area contributed by atoms with Gasteiger partial charge in [0.1, 0.15) is 17.6 Å². The fourth-order valence-corrected chi connectivity index (χ4v) is 3.21. The van der Waals surface area contributed by atoms with E-state index in [0.717, 1.165) is 5.69 Å². The lowest BCUT2D eigenvalue weighted by Crippen LogP contribution is -2.46. The molecule has 3 N–H and O–H groups in total. The highest BCUT2D eigenvalue weighted by Crippen LogP contribution is 2.24. The summed E-state index contributed by atoms with van der Waals surface area (Å²) in [5, 5.41) is 16.6. The van der Waals surface area contributed by atoms with Crippen LogP contribution >= 0.6 is 0 Å². The Hall–Kier alpha value is -2.58. The molecule has 0 saturated carbocycles. The number of fused-ring (bicyclic) bond motifs is 1. The maximum Gasteiger partial charge on any atom is 0.155 e. The van der Waals surface area contributed by atoms with Gasteiger partial charge in [0.05, 0.1) is 35.5 Å². The van der Waals surface area contributed by atoms with Crippen LogP contribution in [0.4, 0.5) is 10.2 Å². The van der Waals surface area contributed by atoms with Crippen LogP contribution < -0.4 is 10.6 Å². The molecule has 4 heterocycles. The zero-order valence-electron chi connectivity index (χ0n) is 15.4. The summed E-state index contributed by atoms with van der Waals surface area (Å²) in [6, 6.07) is 5.30. The molecular formula is C19H23FN6O. The summed E-state index contributed by atoms with van der Waals surface area (Å²) in [6.45, 7) is 4.65. The van der Waals surface area contributed by atoms with Crippen LogP contribution in [0.3, 0.4) is 0 Å². The zero-order chi connectivity index (χ0) is 19.0. The van der Waals surface area contributed by atoms with Gasteiger partial charge in [-0.1, -0.05) is 6.07 Å². The van der Waals surface area contributed by atoms with Crippen molar-refractivity contribution >= 4 is 11.5 Å². The molecular weight excluding hydrogens is 347 g/mol. The van der Waals surface area contributed by atoms with Crippen LogP contribution in [-0.2, 0) is 5.60 Å². The van der Waals surface area contributed by atoms with Gasteiger partial charge in [-0.3, -0.25) is 9.38 Å². The highest BCUT2D eigenvalue weighted by atomic mass is 19.1. The first kappa shape index (κ1) is 17.8. The number of anilines is 1. The Bertz CT molecular complexity index is 951. The number of imidazole rings is 1. The number of halogens is 1. The second-order valence-corrected chi connectivity index (χ2v) is 7.37. The Morgan fingerprint density at radius 2 is 2.15 bits per heavy atom. The van der Waals surface area contributed by atoms with Crippen LogP contribution in [0.15, 0.2) is 36.8 Å². The first-order valence-electron chi connectivity index (χ1n) is 9.06. The lowest BCUT2D eigenvalue weighted by molar-refractivity contribution is 0.0734. The Labute approximate surface area is 156 Å². The van der Waals surface area contributed by atoms with Crippen LogP contribution in [0, 0.1) is 0 Å². The van der Waals surface area contributed by atoms with Gasteiger partial charge in [-0.05, 0) is 38.9 Å². The minimum Gasteiger partial charge on any atom is -0.384 e. The smallest absolute Gasteiger partial charge is 0.155 e. The molecule has 0 bridgehead atoms. The van der Waals surface area contributed by atoms with Crippen molar-refractivity contribution < 1.29 is 9.50 Å². The number of pyridine rings is 1.